The van der Waals surface area contributed by atoms with E-state index in [1.807, 2.05) is 6.92 Å². The second-order valence-corrected chi connectivity index (χ2v) is 5.69. The molecule has 0 radical (unpaired) electrons. The first-order chi connectivity index (χ1) is 8.32. The van der Waals surface area contributed by atoms with Crippen LogP contribution in [-0.4, -0.2) is 40.8 Å². The summed E-state index contributed by atoms with van der Waals surface area (Å²) in [5, 5.41) is 2.43. The van der Waals surface area contributed by atoms with E-state index >= 15 is 0 Å². The lowest BCUT2D eigenvalue weighted by molar-refractivity contribution is -0.149. The van der Waals surface area contributed by atoms with Crippen molar-refractivity contribution in [3.05, 3.63) is 0 Å². The molecule has 5 nitrogen and oxygen atoms in total. The van der Waals surface area contributed by atoms with Crippen molar-refractivity contribution in [2.75, 3.05) is 13.1 Å². The van der Waals surface area contributed by atoms with Crippen molar-refractivity contribution in [1.29, 1.82) is 0 Å². The molecule has 2 amide bonds. The molecule has 1 aliphatic rings. The van der Waals surface area contributed by atoms with E-state index in [9.17, 15) is 9.59 Å². The lowest BCUT2D eigenvalue weighted by Gasteiger charge is -2.40. The van der Waals surface area contributed by atoms with Gasteiger partial charge < -0.3 is 16.0 Å². The van der Waals surface area contributed by atoms with Crippen LogP contribution in [0.2, 0.25) is 0 Å². The van der Waals surface area contributed by atoms with Gasteiger partial charge in [0.15, 0.2) is 0 Å². The molecule has 0 spiro atoms. The van der Waals surface area contributed by atoms with E-state index in [0.29, 0.717) is 18.4 Å². The van der Waals surface area contributed by atoms with Crippen molar-refractivity contribution in [2.24, 2.45) is 17.6 Å². The second-order valence-electron chi connectivity index (χ2n) is 5.17. The highest BCUT2D eigenvalue weighted by Crippen LogP contribution is 2.26. The molecule has 0 bridgehead atoms. The van der Waals surface area contributed by atoms with Crippen LogP contribution in [0.4, 0.5) is 0 Å². The third kappa shape index (κ3) is 3.66. The zero-order valence-electron chi connectivity index (χ0n) is 11.1. The second kappa shape index (κ2) is 6.13. The average molecular weight is 271 g/mol. The maximum Gasteiger partial charge on any atom is 0.312 e. The standard InChI is InChI=1S/C12H21N3O2S/c1-7-4-8(2)9(3)15(6-7)12(17)11(16)14-5-10(13)18/h7-9H,4-6H2,1-3H3,(H2,13,18)(H,14,16). The van der Waals surface area contributed by atoms with E-state index in [-0.39, 0.29) is 17.6 Å². The first-order valence-electron chi connectivity index (χ1n) is 6.20. The van der Waals surface area contributed by atoms with E-state index in [1.165, 1.54) is 0 Å². The Morgan fingerprint density at radius 1 is 1.39 bits per heavy atom. The van der Waals surface area contributed by atoms with Crippen molar-refractivity contribution in [3.8, 4) is 0 Å². The van der Waals surface area contributed by atoms with Crippen LogP contribution in [0.1, 0.15) is 27.2 Å². The van der Waals surface area contributed by atoms with Crippen molar-refractivity contribution in [2.45, 2.75) is 33.2 Å². The molecule has 1 aliphatic heterocycles. The fourth-order valence-electron chi connectivity index (χ4n) is 2.36. The van der Waals surface area contributed by atoms with E-state index < -0.39 is 11.8 Å². The Morgan fingerprint density at radius 3 is 2.56 bits per heavy atom. The summed E-state index contributed by atoms with van der Waals surface area (Å²) in [6.07, 6.45) is 1.08. The van der Waals surface area contributed by atoms with Crippen LogP contribution in [0.25, 0.3) is 0 Å². The largest absolute Gasteiger partial charge is 0.392 e. The number of nitrogens with zero attached hydrogens (tertiary/aromatic N) is 1. The minimum atomic E-state index is -0.629. The minimum absolute atomic E-state index is 0.0627. The number of likely N-dealkylation sites (tertiary alicyclic amines) is 1. The quantitative estimate of drug-likeness (QED) is 0.559. The maximum atomic E-state index is 12.0. The van der Waals surface area contributed by atoms with Gasteiger partial charge in [-0.2, -0.15) is 0 Å². The predicted molar refractivity (Wildman–Crippen MR) is 73.9 cm³/mol. The molecule has 3 N–H and O–H groups in total. The smallest absolute Gasteiger partial charge is 0.312 e. The number of hydrogen-bond acceptors (Lipinski definition) is 3. The van der Waals surface area contributed by atoms with Crippen LogP contribution in [0.5, 0.6) is 0 Å². The summed E-state index contributed by atoms with van der Waals surface area (Å²) < 4.78 is 0. The van der Waals surface area contributed by atoms with Gasteiger partial charge in [-0.3, -0.25) is 9.59 Å². The number of carbonyl (C=O) groups is 2. The van der Waals surface area contributed by atoms with E-state index in [2.05, 4.69) is 31.4 Å². The third-order valence-corrected chi connectivity index (χ3v) is 3.62. The summed E-state index contributed by atoms with van der Waals surface area (Å²) in [6.45, 7) is 6.87. The average Bonchev–Trinajstić information content (AvgIpc) is 2.29. The van der Waals surface area contributed by atoms with Crippen LogP contribution >= 0.6 is 12.2 Å². The highest BCUT2D eigenvalue weighted by molar-refractivity contribution is 7.80. The molecule has 1 fully saturated rings. The SMILES string of the molecule is CC1CC(C)C(C)N(C(=O)C(=O)NCC(N)=S)C1. The lowest BCUT2D eigenvalue weighted by atomic mass is 9.86. The fourth-order valence-corrected chi connectivity index (χ4v) is 2.43. The molecule has 3 atom stereocenters. The zero-order valence-corrected chi connectivity index (χ0v) is 11.9. The molecule has 1 heterocycles. The summed E-state index contributed by atoms with van der Waals surface area (Å²) >= 11 is 4.66. The van der Waals surface area contributed by atoms with Crippen molar-refractivity contribution in [3.63, 3.8) is 0 Å². The summed E-state index contributed by atoms with van der Waals surface area (Å²) in [4.78, 5) is 25.5. The van der Waals surface area contributed by atoms with Crippen LogP contribution in [0.3, 0.4) is 0 Å². The molecule has 0 aromatic rings. The van der Waals surface area contributed by atoms with E-state index in [4.69, 9.17) is 5.73 Å². The first kappa shape index (κ1) is 14.9. The van der Waals surface area contributed by atoms with Gasteiger partial charge in [-0.05, 0) is 25.2 Å². The van der Waals surface area contributed by atoms with Crippen LogP contribution < -0.4 is 11.1 Å². The third-order valence-electron chi connectivity index (χ3n) is 3.48. The van der Waals surface area contributed by atoms with Crippen molar-refractivity contribution in [1.82, 2.24) is 10.2 Å². The van der Waals surface area contributed by atoms with Gasteiger partial charge >= 0.3 is 11.8 Å². The maximum absolute atomic E-state index is 12.0. The topological polar surface area (TPSA) is 75.4 Å². The molecule has 1 rings (SSSR count). The Balaban J connectivity index is 2.64. The molecule has 102 valence electrons. The van der Waals surface area contributed by atoms with Gasteiger partial charge in [0.1, 0.15) is 0 Å². The van der Waals surface area contributed by atoms with Gasteiger partial charge in [0, 0.05) is 12.6 Å². The summed E-state index contributed by atoms with van der Waals surface area (Å²) in [6, 6.07) is 0.0873. The van der Waals surface area contributed by atoms with Crippen LogP contribution in [0, 0.1) is 11.8 Å². The number of rotatable bonds is 2. The Morgan fingerprint density at radius 2 is 2.00 bits per heavy atom. The molecule has 0 aromatic carbocycles. The number of amides is 2. The van der Waals surface area contributed by atoms with Gasteiger partial charge in [0.05, 0.1) is 11.5 Å². The van der Waals surface area contributed by atoms with Crippen LogP contribution in [-0.2, 0) is 9.59 Å². The molecule has 6 heteroatoms. The Bertz CT molecular complexity index is 359. The van der Waals surface area contributed by atoms with Crippen molar-refractivity contribution < 1.29 is 9.59 Å². The Hall–Kier alpha value is -1.17. The minimum Gasteiger partial charge on any atom is -0.392 e. The van der Waals surface area contributed by atoms with Gasteiger partial charge in [-0.1, -0.05) is 26.1 Å². The van der Waals surface area contributed by atoms with Gasteiger partial charge in [0.25, 0.3) is 0 Å². The van der Waals surface area contributed by atoms with Crippen LogP contribution in [0.15, 0.2) is 0 Å². The monoisotopic (exact) mass is 271 g/mol. The number of hydrogen-bond donors (Lipinski definition) is 2. The van der Waals surface area contributed by atoms with Gasteiger partial charge in [0.2, 0.25) is 0 Å². The molecule has 3 unspecified atom stereocenters. The molecular formula is C12H21N3O2S. The summed E-state index contributed by atoms with van der Waals surface area (Å²) in [5.41, 5.74) is 5.28. The Labute approximate surface area is 113 Å². The molecule has 1 saturated heterocycles. The lowest BCUT2D eigenvalue weighted by Crippen LogP contribution is -2.54. The highest BCUT2D eigenvalue weighted by Gasteiger charge is 2.34. The molecule has 0 aliphatic carbocycles. The molecule has 0 saturated carbocycles. The first-order valence-corrected chi connectivity index (χ1v) is 6.60. The Kier molecular flexibility index (Phi) is 5.07. The zero-order chi connectivity index (χ0) is 13.9. The van der Waals surface area contributed by atoms with E-state index in [0.717, 1.165) is 6.42 Å². The molecule has 0 aromatic heterocycles. The number of thiocarbonyl (C=S) groups is 1. The molecule has 18 heavy (non-hydrogen) atoms. The summed E-state index contributed by atoms with van der Waals surface area (Å²) in [5.74, 6) is -0.294. The highest BCUT2D eigenvalue weighted by atomic mass is 32.1. The normalized spacial score (nSPS) is 27.7. The molecular weight excluding hydrogens is 250 g/mol. The number of piperidine rings is 1. The van der Waals surface area contributed by atoms with Gasteiger partial charge in [-0.25, -0.2) is 0 Å². The van der Waals surface area contributed by atoms with Gasteiger partial charge in [-0.15, -0.1) is 0 Å². The predicted octanol–water partition coefficient (Wildman–Crippen LogP) is 0.282. The number of carbonyl (C=O) groups excluding carboxylic acids is 2. The fraction of sp³-hybridized carbons (Fsp3) is 0.750. The van der Waals surface area contributed by atoms with Crippen molar-refractivity contribution >= 4 is 29.0 Å². The summed E-state index contributed by atoms with van der Waals surface area (Å²) in [7, 11) is 0. The number of nitrogens with one attached hydrogen (secondary N) is 1. The number of nitrogens with two attached hydrogens (primary N) is 1. The van der Waals surface area contributed by atoms with E-state index in [1.54, 1.807) is 4.90 Å².